The van der Waals surface area contributed by atoms with Crippen LogP contribution in [0.2, 0.25) is 0 Å². The molecule has 0 N–H and O–H groups in total. The zero-order valence-corrected chi connectivity index (χ0v) is 16.5. The van der Waals surface area contributed by atoms with Gasteiger partial charge >= 0.3 is 0 Å². The highest BCUT2D eigenvalue weighted by Crippen LogP contribution is 2.34. The third-order valence-corrected chi connectivity index (χ3v) is 6.53. The average molecular weight is 381 g/mol. The van der Waals surface area contributed by atoms with E-state index in [0.717, 1.165) is 11.1 Å². The molecular weight excluding hydrogens is 358 g/mol. The maximum absolute atomic E-state index is 13.5. The SMILES string of the molecule is COc1ccc(S(=O)(=O)N(c2ccccc2)[C@H](C)c2ccccc2C)cc1. The highest BCUT2D eigenvalue weighted by atomic mass is 32.2. The standard InChI is InChI=1S/C22H23NO3S/c1-17-9-7-8-12-22(17)18(2)23(19-10-5-4-6-11-19)27(24,25)21-15-13-20(26-3)14-16-21/h4-16,18H,1-3H3/t18-/m1/s1. The van der Waals surface area contributed by atoms with Gasteiger partial charge in [-0.25, -0.2) is 8.42 Å². The Kier molecular flexibility index (Phi) is 5.51. The minimum atomic E-state index is -3.77. The molecule has 3 aromatic carbocycles. The van der Waals surface area contributed by atoms with E-state index in [9.17, 15) is 8.42 Å². The molecule has 5 heteroatoms. The van der Waals surface area contributed by atoms with Crippen LogP contribution >= 0.6 is 0 Å². The van der Waals surface area contributed by atoms with Gasteiger partial charge in [-0.2, -0.15) is 0 Å². The van der Waals surface area contributed by atoms with E-state index in [-0.39, 0.29) is 10.9 Å². The molecule has 4 nitrogen and oxygen atoms in total. The summed E-state index contributed by atoms with van der Waals surface area (Å²) in [5.74, 6) is 0.618. The zero-order chi connectivity index (χ0) is 19.4. The van der Waals surface area contributed by atoms with Crippen molar-refractivity contribution >= 4 is 15.7 Å². The molecule has 0 fully saturated rings. The van der Waals surface area contributed by atoms with Crippen LogP contribution in [0.3, 0.4) is 0 Å². The number of hydrogen-bond acceptors (Lipinski definition) is 3. The first-order valence-corrected chi connectivity index (χ1v) is 10.2. The molecule has 0 saturated carbocycles. The van der Waals surface area contributed by atoms with E-state index < -0.39 is 10.0 Å². The van der Waals surface area contributed by atoms with Crippen LogP contribution < -0.4 is 9.04 Å². The third-order valence-electron chi connectivity index (χ3n) is 4.62. The van der Waals surface area contributed by atoms with Crippen LogP contribution in [0, 0.1) is 6.92 Å². The lowest BCUT2D eigenvalue weighted by Gasteiger charge is -2.31. The number of hydrogen-bond donors (Lipinski definition) is 0. The fourth-order valence-corrected chi connectivity index (χ4v) is 4.82. The Bertz CT molecular complexity index is 999. The fourth-order valence-electron chi connectivity index (χ4n) is 3.19. The van der Waals surface area contributed by atoms with E-state index >= 15 is 0 Å². The van der Waals surface area contributed by atoms with Crippen LogP contribution in [-0.4, -0.2) is 15.5 Å². The number of ether oxygens (including phenoxy) is 1. The topological polar surface area (TPSA) is 46.6 Å². The van der Waals surface area contributed by atoms with Crippen molar-refractivity contribution in [3.8, 4) is 5.75 Å². The van der Waals surface area contributed by atoms with Crippen LogP contribution in [0.15, 0.2) is 83.8 Å². The zero-order valence-electron chi connectivity index (χ0n) is 15.7. The van der Waals surface area contributed by atoms with Gasteiger partial charge in [0.2, 0.25) is 0 Å². The van der Waals surface area contributed by atoms with Gasteiger partial charge < -0.3 is 4.74 Å². The summed E-state index contributed by atoms with van der Waals surface area (Å²) in [6, 6.07) is 23.2. The highest BCUT2D eigenvalue weighted by Gasteiger charge is 2.30. The van der Waals surface area contributed by atoms with E-state index in [1.165, 1.54) is 4.31 Å². The summed E-state index contributed by atoms with van der Waals surface area (Å²) in [6.45, 7) is 3.91. The normalized spacial score (nSPS) is 12.4. The lowest BCUT2D eigenvalue weighted by molar-refractivity contribution is 0.414. The Morgan fingerprint density at radius 2 is 1.44 bits per heavy atom. The first-order chi connectivity index (χ1) is 12.9. The van der Waals surface area contributed by atoms with Gasteiger partial charge in [-0.1, -0.05) is 42.5 Å². The van der Waals surface area contributed by atoms with Gasteiger partial charge in [0.1, 0.15) is 5.75 Å². The minimum absolute atomic E-state index is 0.229. The van der Waals surface area contributed by atoms with Crippen LogP contribution in [0.25, 0.3) is 0 Å². The molecule has 1 atom stereocenters. The van der Waals surface area contributed by atoms with Gasteiger partial charge in [0.15, 0.2) is 0 Å². The van der Waals surface area contributed by atoms with Gasteiger partial charge in [-0.05, 0) is 61.4 Å². The molecule has 27 heavy (non-hydrogen) atoms. The maximum atomic E-state index is 13.5. The molecule has 140 valence electrons. The second kappa shape index (κ2) is 7.84. The first-order valence-electron chi connectivity index (χ1n) is 8.74. The van der Waals surface area contributed by atoms with E-state index in [1.807, 2.05) is 68.4 Å². The number of aryl methyl sites for hydroxylation is 1. The predicted molar refractivity (Wildman–Crippen MR) is 109 cm³/mol. The first kappa shape index (κ1) is 19.0. The molecule has 0 amide bonds. The van der Waals surface area contributed by atoms with Crippen molar-refractivity contribution in [2.45, 2.75) is 24.8 Å². The summed E-state index contributed by atoms with van der Waals surface area (Å²) in [5.41, 5.74) is 2.65. The Hall–Kier alpha value is -2.79. The quantitative estimate of drug-likeness (QED) is 0.606. The summed E-state index contributed by atoms with van der Waals surface area (Å²) < 4.78 is 33.7. The summed E-state index contributed by atoms with van der Waals surface area (Å²) >= 11 is 0. The largest absolute Gasteiger partial charge is 0.497 e. The second-order valence-corrected chi connectivity index (χ2v) is 8.16. The number of rotatable bonds is 6. The summed E-state index contributed by atoms with van der Waals surface area (Å²) in [7, 11) is -2.21. The molecule has 3 aromatic rings. The summed E-state index contributed by atoms with van der Waals surface area (Å²) in [5, 5.41) is 0. The average Bonchev–Trinajstić information content (AvgIpc) is 2.69. The number of para-hydroxylation sites is 1. The summed E-state index contributed by atoms with van der Waals surface area (Å²) in [4.78, 5) is 0.229. The molecule has 0 spiro atoms. The van der Waals surface area contributed by atoms with E-state index in [4.69, 9.17) is 4.74 Å². The van der Waals surface area contributed by atoms with Crippen LogP contribution in [0.5, 0.6) is 5.75 Å². The Morgan fingerprint density at radius 3 is 2.04 bits per heavy atom. The van der Waals surface area contributed by atoms with Crippen molar-refractivity contribution in [2.75, 3.05) is 11.4 Å². The molecule has 0 bridgehead atoms. The third kappa shape index (κ3) is 3.83. The Labute approximate surface area is 161 Å². The molecule has 0 aliphatic heterocycles. The van der Waals surface area contributed by atoms with Crippen LogP contribution in [-0.2, 0) is 10.0 Å². The molecular formula is C22H23NO3S. The van der Waals surface area contributed by atoms with E-state index in [0.29, 0.717) is 11.4 Å². The molecule has 0 heterocycles. The molecule has 0 radical (unpaired) electrons. The second-order valence-electron chi connectivity index (χ2n) is 6.34. The fraction of sp³-hybridized carbons (Fsp3) is 0.182. The van der Waals surface area contributed by atoms with Crippen LogP contribution in [0.4, 0.5) is 5.69 Å². The lowest BCUT2D eigenvalue weighted by atomic mass is 10.0. The number of anilines is 1. The number of benzene rings is 3. The number of methoxy groups -OCH3 is 1. The predicted octanol–water partition coefficient (Wildman–Crippen LogP) is 4.96. The van der Waals surface area contributed by atoms with E-state index in [1.54, 1.807) is 31.4 Å². The van der Waals surface area contributed by atoms with Gasteiger partial charge in [0.05, 0.1) is 23.7 Å². The van der Waals surface area contributed by atoms with Crippen molar-refractivity contribution in [1.29, 1.82) is 0 Å². The Balaban J connectivity index is 2.13. The van der Waals surface area contributed by atoms with Crippen molar-refractivity contribution < 1.29 is 13.2 Å². The molecule has 0 aliphatic rings. The lowest BCUT2D eigenvalue weighted by Crippen LogP contribution is -2.34. The number of sulfonamides is 1. The van der Waals surface area contributed by atoms with Gasteiger partial charge in [0.25, 0.3) is 10.0 Å². The summed E-state index contributed by atoms with van der Waals surface area (Å²) in [6.07, 6.45) is 0. The van der Waals surface area contributed by atoms with Crippen LogP contribution in [0.1, 0.15) is 24.1 Å². The number of nitrogens with zero attached hydrogens (tertiary/aromatic N) is 1. The maximum Gasteiger partial charge on any atom is 0.264 e. The van der Waals surface area contributed by atoms with Crippen molar-refractivity contribution in [1.82, 2.24) is 0 Å². The molecule has 0 unspecified atom stereocenters. The molecule has 0 saturated heterocycles. The molecule has 0 aliphatic carbocycles. The van der Waals surface area contributed by atoms with Crippen molar-refractivity contribution in [2.24, 2.45) is 0 Å². The van der Waals surface area contributed by atoms with E-state index in [2.05, 4.69) is 0 Å². The molecule has 3 rings (SSSR count). The smallest absolute Gasteiger partial charge is 0.264 e. The highest BCUT2D eigenvalue weighted by molar-refractivity contribution is 7.92. The molecule has 0 aromatic heterocycles. The van der Waals surface area contributed by atoms with Gasteiger partial charge in [0, 0.05) is 0 Å². The van der Waals surface area contributed by atoms with Gasteiger partial charge in [-0.15, -0.1) is 0 Å². The van der Waals surface area contributed by atoms with Crippen molar-refractivity contribution in [3.05, 3.63) is 90.0 Å². The monoisotopic (exact) mass is 381 g/mol. The Morgan fingerprint density at radius 1 is 0.852 bits per heavy atom. The van der Waals surface area contributed by atoms with Crippen molar-refractivity contribution in [3.63, 3.8) is 0 Å². The van der Waals surface area contributed by atoms with Gasteiger partial charge in [-0.3, -0.25) is 4.31 Å². The minimum Gasteiger partial charge on any atom is -0.497 e.